The van der Waals surface area contributed by atoms with E-state index in [1.54, 1.807) is 11.9 Å². The highest BCUT2D eigenvalue weighted by Gasteiger charge is 2.19. The summed E-state index contributed by atoms with van der Waals surface area (Å²) < 4.78 is 2.28. The lowest BCUT2D eigenvalue weighted by Crippen LogP contribution is -2.06. The topological polar surface area (TPSA) is 16.1 Å². The van der Waals surface area contributed by atoms with Crippen LogP contribution in [0.3, 0.4) is 0 Å². The van der Waals surface area contributed by atoms with Crippen molar-refractivity contribution in [2.24, 2.45) is 0 Å². The Morgan fingerprint density at radius 3 is 2.80 bits per heavy atom. The second-order valence-corrected chi connectivity index (χ2v) is 4.51. The average Bonchev–Trinajstić information content (AvgIpc) is 2.74. The van der Waals surface area contributed by atoms with Crippen molar-refractivity contribution in [2.45, 2.75) is 11.4 Å². The van der Waals surface area contributed by atoms with E-state index in [1.807, 2.05) is 18.5 Å². The van der Waals surface area contributed by atoms with Crippen LogP contribution in [0.5, 0.6) is 0 Å². The predicted octanol–water partition coefficient (Wildman–Crippen LogP) is 3.11. The van der Waals surface area contributed by atoms with Crippen molar-refractivity contribution in [1.29, 1.82) is 0 Å². The molecule has 1 aliphatic heterocycles. The maximum atomic E-state index is 4.14. The molecule has 1 aromatic heterocycles. The highest BCUT2D eigenvalue weighted by Crippen LogP contribution is 2.38. The number of fused-ring (bicyclic) bond motifs is 1. The molecule has 0 aliphatic carbocycles. The van der Waals surface area contributed by atoms with Crippen molar-refractivity contribution in [3.63, 3.8) is 0 Å². The molecule has 0 amide bonds. The van der Waals surface area contributed by atoms with Gasteiger partial charge in [0, 0.05) is 28.5 Å². The van der Waals surface area contributed by atoms with Crippen molar-refractivity contribution < 1.29 is 0 Å². The van der Waals surface area contributed by atoms with Crippen LogP contribution in [0.4, 0.5) is 5.69 Å². The zero-order valence-corrected chi connectivity index (χ0v) is 8.95. The fraction of sp³-hybridized carbons (Fsp3) is 0.0833. The van der Waals surface area contributed by atoms with Gasteiger partial charge >= 0.3 is 0 Å². The zero-order valence-electron chi connectivity index (χ0n) is 8.13. The van der Waals surface area contributed by atoms with E-state index in [9.17, 15) is 0 Å². The lowest BCUT2D eigenvalue weighted by molar-refractivity contribution is 1.04. The quantitative estimate of drug-likeness (QED) is 0.678. The van der Waals surface area contributed by atoms with Crippen molar-refractivity contribution >= 4 is 17.6 Å². The van der Waals surface area contributed by atoms with Gasteiger partial charge in [0.05, 0.1) is 6.54 Å². The molecule has 15 heavy (non-hydrogen) atoms. The minimum absolute atomic E-state index is 0.942. The third-order valence-corrected chi connectivity index (χ3v) is 3.58. The first-order chi connectivity index (χ1) is 7.43. The first-order valence-electron chi connectivity index (χ1n) is 4.87. The molecule has 0 bridgehead atoms. The minimum atomic E-state index is 0.942. The lowest BCUT2D eigenvalue weighted by atomic mass is 10.2. The van der Waals surface area contributed by atoms with Crippen LogP contribution in [0.2, 0.25) is 0 Å². The Balaban J connectivity index is 1.91. The van der Waals surface area contributed by atoms with E-state index in [1.165, 1.54) is 16.1 Å². The molecular weight excluding hydrogens is 204 g/mol. The molecule has 0 fully saturated rings. The number of hydrogen-bond donors (Lipinski definition) is 0. The van der Waals surface area contributed by atoms with Crippen LogP contribution >= 0.6 is 11.9 Å². The van der Waals surface area contributed by atoms with Gasteiger partial charge in [0.2, 0.25) is 0 Å². The largest absolute Gasteiger partial charge is 0.308 e. The third kappa shape index (κ3) is 1.59. The average molecular weight is 214 g/mol. The number of para-hydroxylation sites is 1. The van der Waals surface area contributed by atoms with Gasteiger partial charge in [-0.05, 0) is 30.1 Å². The normalized spacial score (nSPS) is 14.0. The van der Waals surface area contributed by atoms with Crippen molar-refractivity contribution in [1.82, 2.24) is 4.98 Å². The number of rotatable bonds is 1. The van der Waals surface area contributed by atoms with Crippen LogP contribution in [-0.4, -0.2) is 4.98 Å². The van der Waals surface area contributed by atoms with E-state index < -0.39 is 0 Å². The Bertz CT molecular complexity index is 445. The maximum absolute atomic E-state index is 4.14. The van der Waals surface area contributed by atoms with E-state index in [-0.39, 0.29) is 0 Å². The van der Waals surface area contributed by atoms with Crippen molar-refractivity contribution in [2.75, 3.05) is 4.31 Å². The summed E-state index contributed by atoms with van der Waals surface area (Å²) in [5.74, 6) is 0. The van der Waals surface area contributed by atoms with E-state index in [4.69, 9.17) is 0 Å². The fourth-order valence-electron chi connectivity index (χ4n) is 1.67. The molecule has 0 saturated carbocycles. The Hall–Kier alpha value is -1.48. The summed E-state index contributed by atoms with van der Waals surface area (Å²) in [6.07, 6.45) is 3.80. The SMILES string of the molecule is c1ccc(N2Cc3cnccc3S2)cc1. The summed E-state index contributed by atoms with van der Waals surface area (Å²) in [6.45, 7) is 0.942. The summed E-state index contributed by atoms with van der Waals surface area (Å²) in [5.41, 5.74) is 2.56. The molecule has 1 aliphatic rings. The van der Waals surface area contributed by atoms with Gasteiger partial charge in [-0.15, -0.1) is 0 Å². The van der Waals surface area contributed by atoms with Gasteiger partial charge in [-0.1, -0.05) is 18.2 Å². The number of nitrogens with zero attached hydrogens (tertiary/aromatic N) is 2. The number of hydrogen-bond acceptors (Lipinski definition) is 3. The van der Waals surface area contributed by atoms with E-state index in [2.05, 4.69) is 39.6 Å². The molecule has 0 N–H and O–H groups in total. The standard InChI is InChI=1S/C12H10N2S/c1-2-4-11(5-3-1)14-9-10-8-13-7-6-12(10)15-14/h1-8H,9H2. The molecule has 0 spiro atoms. The van der Waals surface area contributed by atoms with E-state index in [0.717, 1.165) is 6.54 Å². The van der Waals surface area contributed by atoms with Gasteiger partial charge in [-0.2, -0.15) is 0 Å². The molecule has 74 valence electrons. The molecule has 3 heteroatoms. The molecule has 2 aromatic rings. The summed E-state index contributed by atoms with van der Waals surface area (Å²) in [4.78, 5) is 5.46. The van der Waals surface area contributed by atoms with Crippen LogP contribution in [0, 0.1) is 0 Å². The van der Waals surface area contributed by atoms with Crippen LogP contribution in [0.1, 0.15) is 5.56 Å². The molecule has 0 saturated heterocycles. The Morgan fingerprint density at radius 2 is 2.00 bits per heavy atom. The van der Waals surface area contributed by atoms with Gasteiger partial charge in [0.15, 0.2) is 0 Å². The summed E-state index contributed by atoms with van der Waals surface area (Å²) in [5, 5.41) is 0. The third-order valence-electron chi connectivity index (χ3n) is 2.43. The van der Waals surface area contributed by atoms with Gasteiger partial charge in [-0.3, -0.25) is 4.98 Å². The Kier molecular flexibility index (Phi) is 2.10. The van der Waals surface area contributed by atoms with Crippen LogP contribution in [0.25, 0.3) is 0 Å². The Labute approximate surface area is 93.1 Å². The van der Waals surface area contributed by atoms with Gasteiger partial charge in [0.1, 0.15) is 0 Å². The van der Waals surface area contributed by atoms with Gasteiger partial charge in [-0.25, -0.2) is 0 Å². The highest BCUT2D eigenvalue weighted by molar-refractivity contribution is 8.01. The summed E-state index contributed by atoms with van der Waals surface area (Å²) in [6, 6.07) is 12.5. The zero-order chi connectivity index (χ0) is 10.1. The van der Waals surface area contributed by atoms with Gasteiger partial charge < -0.3 is 4.31 Å². The van der Waals surface area contributed by atoms with E-state index >= 15 is 0 Å². The lowest BCUT2D eigenvalue weighted by Gasteiger charge is -2.15. The smallest absolute Gasteiger partial charge is 0.0576 e. The molecule has 0 atom stereocenters. The molecule has 1 aromatic carbocycles. The van der Waals surface area contributed by atoms with Gasteiger partial charge in [0.25, 0.3) is 0 Å². The fourth-order valence-corrected chi connectivity index (χ4v) is 2.69. The summed E-state index contributed by atoms with van der Waals surface area (Å²) >= 11 is 1.78. The Morgan fingerprint density at radius 1 is 1.13 bits per heavy atom. The predicted molar refractivity (Wildman–Crippen MR) is 62.7 cm³/mol. The monoisotopic (exact) mass is 214 g/mol. The second-order valence-electron chi connectivity index (χ2n) is 3.45. The second kappa shape index (κ2) is 3.59. The number of aromatic nitrogens is 1. The highest BCUT2D eigenvalue weighted by atomic mass is 32.2. The molecule has 2 nitrogen and oxygen atoms in total. The molecule has 0 unspecified atom stereocenters. The minimum Gasteiger partial charge on any atom is -0.308 e. The van der Waals surface area contributed by atoms with Crippen molar-refractivity contribution in [3.8, 4) is 0 Å². The van der Waals surface area contributed by atoms with Crippen LogP contribution < -0.4 is 4.31 Å². The van der Waals surface area contributed by atoms with Crippen LogP contribution in [-0.2, 0) is 6.54 Å². The van der Waals surface area contributed by atoms with Crippen molar-refractivity contribution in [3.05, 3.63) is 54.4 Å². The molecular formula is C12H10N2S. The summed E-state index contributed by atoms with van der Waals surface area (Å²) in [7, 11) is 0. The van der Waals surface area contributed by atoms with Crippen LogP contribution in [0.15, 0.2) is 53.7 Å². The van der Waals surface area contributed by atoms with E-state index in [0.29, 0.717) is 0 Å². The molecule has 3 rings (SSSR count). The molecule has 2 heterocycles. The molecule has 0 radical (unpaired) electrons. The number of benzene rings is 1. The number of anilines is 1. The maximum Gasteiger partial charge on any atom is 0.0576 e. The first-order valence-corrected chi connectivity index (χ1v) is 5.64. The number of pyridine rings is 1. The first kappa shape index (κ1) is 8.80.